The van der Waals surface area contributed by atoms with Gasteiger partial charge in [-0.2, -0.15) is 11.8 Å². The van der Waals surface area contributed by atoms with E-state index in [9.17, 15) is 13.6 Å². The van der Waals surface area contributed by atoms with E-state index in [1.165, 1.54) is 0 Å². The second-order valence-corrected chi connectivity index (χ2v) is 5.16. The Morgan fingerprint density at radius 3 is 2.44 bits per heavy atom. The fourth-order valence-corrected chi connectivity index (χ4v) is 1.74. The highest BCUT2D eigenvalue weighted by Gasteiger charge is 2.14. The molecular weight excluding hydrogens is 260 g/mol. The minimum atomic E-state index is -1.35. The van der Waals surface area contributed by atoms with Crippen molar-refractivity contribution in [1.82, 2.24) is 0 Å². The number of hydrogen-bond donors (Lipinski definition) is 2. The monoisotopic (exact) mass is 275 g/mol. The van der Waals surface area contributed by atoms with Crippen molar-refractivity contribution in [3.05, 3.63) is 29.3 Å². The summed E-state index contributed by atoms with van der Waals surface area (Å²) in [4.78, 5) is 10.6. The second-order valence-electron chi connectivity index (χ2n) is 3.88. The van der Waals surface area contributed by atoms with Crippen LogP contribution in [0.4, 0.5) is 14.5 Å². The largest absolute Gasteiger partial charge is 0.478 e. The lowest BCUT2D eigenvalue weighted by Crippen LogP contribution is -2.11. The number of thioether (sulfide) groups is 1. The van der Waals surface area contributed by atoms with E-state index in [-0.39, 0.29) is 5.69 Å². The molecule has 0 saturated heterocycles. The lowest BCUT2D eigenvalue weighted by molar-refractivity contribution is 0.0696. The lowest BCUT2D eigenvalue weighted by Gasteiger charge is -2.12. The van der Waals surface area contributed by atoms with Crippen LogP contribution in [0.25, 0.3) is 0 Å². The molecule has 1 unspecified atom stereocenters. The molecule has 0 spiro atoms. The Kier molecular flexibility index (Phi) is 5.40. The van der Waals surface area contributed by atoms with Gasteiger partial charge in [-0.3, -0.25) is 0 Å². The normalized spacial score (nSPS) is 12.2. The zero-order valence-electron chi connectivity index (χ0n) is 10.2. The topological polar surface area (TPSA) is 49.3 Å². The summed E-state index contributed by atoms with van der Waals surface area (Å²) in [5.74, 6) is -3.12. The summed E-state index contributed by atoms with van der Waals surface area (Å²) in [6.07, 6.45) is 2.73. The van der Waals surface area contributed by atoms with Gasteiger partial charge in [-0.1, -0.05) is 6.92 Å². The molecule has 3 nitrogen and oxygen atoms in total. The molecule has 0 aliphatic heterocycles. The number of halogens is 2. The summed E-state index contributed by atoms with van der Waals surface area (Å²) in [7, 11) is 0. The number of anilines is 1. The van der Waals surface area contributed by atoms with Crippen molar-refractivity contribution in [1.29, 1.82) is 0 Å². The van der Waals surface area contributed by atoms with Crippen molar-refractivity contribution < 1.29 is 18.7 Å². The number of carboxylic acid groups (broad SMARTS) is 1. The molecule has 2 N–H and O–H groups in total. The Morgan fingerprint density at radius 2 is 2.00 bits per heavy atom. The van der Waals surface area contributed by atoms with E-state index in [1.54, 1.807) is 11.8 Å². The smallest absolute Gasteiger partial charge is 0.335 e. The molecule has 1 atom stereocenters. The highest BCUT2D eigenvalue weighted by Crippen LogP contribution is 2.21. The van der Waals surface area contributed by atoms with Crippen molar-refractivity contribution in [2.24, 2.45) is 0 Å². The third-order valence-corrected chi connectivity index (χ3v) is 3.58. The summed E-state index contributed by atoms with van der Waals surface area (Å²) in [6, 6.07) is 1.62. The van der Waals surface area contributed by atoms with Gasteiger partial charge in [-0.05, 0) is 24.8 Å². The van der Waals surface area contributed by atoms with Gasteiger partial charge in [0.25, 0.3) is 0 Å². The Labute approximate surface area is 109 Å². The average molecular weight is 275 g/mol. The van der Waals surface area contributed by atoms with Gasteiger partial charge in [0.2, 0.25) is 0 Å². The van der Waals surface area contributed by atoms with Crippen LogP contribution in [0.5, 0.6) is 0 Å². The predicted octanol–water partition coefficient (Wildman–Crippen LogP) is 3.22. The predicted molar refractivity (Wildman–Crippen MR) is 69.4 cm³/mol. The summed E-state index contributed by atoms with van der Waals surface area (Å²) in [6.45, 7) is 2.45. The lowest BCUT2D eigenvalue weighted by atomic mass is 10.2. The maximum Gasteiger partial charge on any atom is 0.335 e. The number of rotatable bonds is 6. The molecule has 0 amide bonds. The summed E-state index contributed by atoms with van der Waals surface area (Å²) in [5.41, 5.74) is -0.665. The van der Waals surface area contributed by atoms with Crippen LogP contribution in [0.15, 0.2) is 12.1 Å². The van der Waals surface area contributed by atoms with Crippen LogP contribution in [-0.4, -0.2) is 29.1 Å². The average Bonchev–Trinajstić information content (AvgIpc) is 2.31. The fraction of sp³-hybridized carbons (Fsp3) is 0.417. The first-order valence-corrected chi connectivity index (χ1v) is 6.73. The van der Waals surface area contributed by atoms with Crippen molar-refractivity contribution in [2.45, 2.75) is 18.6 Å². The van der Waals surface area contributed by atoms with E-state index in [0.717, 1.165) is 18.6 Å². The van der Waals surface area contributed by atoms with Gasteiger partial charge < -0.3 is 10.4 Å². The van der Waals surface area contributed by atoms with Crippen molar-refractivity contribution in [3.8, 4) is 0 Å². The van der Waals surface area contributed by atoms with Crippen LogP contribution >= 0.6 is 11.8 Å². The van der Waals surface area contributed by atoms with Gasteiger partial charge in [-0.15, -0.1) is 0 Å². The molecule has 100 valence electrons. The molecule has 0 bridgehead atoms. The number of nitrogens with one attached hydrogen (secondary N) is 1. The fourth-order valence-electron chi connectivity index (χ4n) is 1.38. The molecule has 18 heavy (non-hydrogen) atoms. The molecule has 0 fully saturated rings. The van der Waals surface area contributed by atoms with E-state index < -0.39 is 23.2 Å². The molecule has 0 radical (unpaired) electrons. The van der Waals surface area contributed by atoms with Crippen LogP contribution in [0.2, 0.25) is 0 Å². The van der Waals surface area contributed by atoms with Gasteiger partial charge in [0.1, 0.15) is 17.3 Å². The number of carboxylic acids is 1. The molecular formula is C12H15F2NO2S. The van der Waals surface area contributed by atoms with E-state index in [4.69, 9.17) is 5.11 Å². The Balaban J connectivity index is 2.75. The number of carbonyl (C=O) groups is 1. The molecule has 1 aromatic rings. The SMILES string of the molecule is CSC(C)CCNc1c(F)cc(C(=O)O)cc1F. The number of hydrogen-bond acceptors (Lipinski definition) is 3. The first-order valence-electron chi connectivity index (χ1n) is 5.44. The third kappa shape index (κ3) is 3.87. The summed E-state index contributed by atoms with van der Waals surface area (Å²) < 4.78 is 27.0. The Hall–Kier alpha value is -1.30. The molecule has 6 heteroatoms. The van der Waals surface area contributed by atoms with Gasteiger partial charge in [0.05, 0.1) is 5.56 Å². The molecule has 0 heterocycles. The van der Waals surface area contributed by atoms with E-state index in [0.29, 0.717) is 11.8 Å². The molecule has 1 rings (SSSR count). The van der Waals surface area contributed by atoms with E-state index in [2.05, 4.69) is 5.32 Å². The van der Waals surface area contributed by atoms with Crippen LogP contribution in [0.3, 0.4) is 0 Å². The standard InChI is InChI=1S/C12H15F2NO2S/c1-7(18-2)3-4-15-11-9(13)5-8(12(16)17)6-10(11)14/h5-7,15H,3-4H2,1-2H3,(H,16,17). The van der Waals surface area contributed by atoms with E-state index >= 15 is 0 Å². The minimum absolute atomic E-state index is 0.270. The molecule has 0 saturated carbocycles. The van der Waals surface area contributed by atoms with Crippen LogP contribution in [0.1, 0.15) is 23.7 Å². The van der Waals surface area contributed by atoms with Gasteiger partial charge >= 0.3 is 5.97 Å². The highest BCUT2D eigenvalue weighted by molar-refractivity contribution is 7.99. The molecule has 1 aromatic carbocycles. The zero-order chi connectivity index (χ0) is 13.7. The third-order valence-electron chi connectivity index (χ3n) is 2.54. The molecule has 0 aliphatic rings. The molecule has 0 aliphatic carbocycles. The quantitative estimate of drug-likeness (QED) is 0.837. The van der Waals surface area contributed by atoms with Crippen LogP contribution < -0.4 is 5.32 Å². The van der Waals surface area contributed by atoms with E-state index in [1.807, 2.05) is 13.2 Å². The second kappa shape index (κ2) is 6.58. The van der Waals surface area contributed by atoms with Gasteiger partial charge in [0.15, 0.2) is 0 Å². The number of benzene rings is 1. The minimum Gasteiger partial charge on any atom is -0.478 e. The van der Waals surface area contributed by atoms with Gasteiger partial charge in [-0.25, -0.2) is 13.6 Å². The van der Waals surface area contributed by atoms with Crippen LogP contribution in [0, 0.1) is 11.6 Å². The van der Waals surface area contributed by atoms with Crippen molar-refractivity contribution in [2.75, 3.05) is 18.1 Å². The first kappa shape index (κ1) is 14.8. The van der Waals surface area contributed by atoms with Gasteiger partial charge in [0, 0.05) is 11.8 Å². The Bertz CT molecular complexity index is 417. The maximum absolute atomic E-state index is 13.5. The Morgan fingerprint density at radius 1 is 1.44 bits per heavy atom. The highest BCUT2D eigenvalue weighted by atomic mass is 32.2. The van der Waals surface area contributed by atoms with Crippen molar-refractivity contribution in [3.63, 3.8) is 0 Å². The summed E-state index contributed by atoms with van der Waals surface area (Å²) >= 11 is 1.67. The summed E-state index contributed by atoms with van der Waals surface area (Å²) in [5, 5.41) is 11.7. The van der Waals surface area contributed by atoms with Crippen LogP contribution in [-0.2, 0) is 0 Å². The molecule has 0 aromatic heterocycles. The first-order chi connectivity index (χ1) is 8.45. The maximum atomic E-state index is 13.5. The zero-order valence-corrected chi connectivity index (χ0v) is 11.0. The van der Waals surface area contributed by atoms with Crippen molar-refractivity contribution >= 4 is 23.4 Å². The number of aromatic carboxylic acids is 1.